The van der Waals surface area contributed by atoms with Gasteiger partial charge in [-0.15, -0.1) is 0 Å². The molecule has 2 unspecified atom stereocenters. The van der Waals surface area contributed by atoms with Gasteiger partial charge < -0.3 is 29.2 Å². The molecular formula is C34H43F3N4O6S. The van der Waals surface area contributed by atoms with E-state index in [2.05, 4.69) is 5.32 Å². The Morgan fingerprint density at radius 1 is 1.02 bits per heavy atom. The fraction of sp³-hybridized carbons (Fsp3) is 0.706. The number of halogens is 3. The van der Waals surface area contributed by atoms with Crippen LogP contribution in [0.1, 0.15) is 63.5 Å². The molecule has 262 valence electrons. The van der Waals surface area contributed by atoms with Crippen molar-refractivity contribution in [3.63, 3.8) is 0 Å². The lowest BCUT2D eigenvalue weighted by Gasteiger charge is -2.90. The van der Waals surface area contributed by atoms with E-state index in [1.807, 2.05) is 0 Å². The highest BCUT2D eigenvalue weighted by Crippen LogP contribution is 2.90. The molecule has 1 spiro atoms. The van der Waals surface area contributed by atoms with E-state index in [-0.39, 0.29) is 35.3 Å². The largest absolute Gasteiger partial charge is 0.417 e. The number of alkyl halides is 3. The minimum atomic E-state index is -4.77. The molecule has 0 aromatic heterocycles. The molecule has 0 bridgehead atoms. The molecule has 48 heavy (non-hydrogen) atoms. The summed E-state index contributed by atoms with van der Waals surface area (Å²) in [4.78, 5) is 28.2. The summed E-state index contributed by atoms with van der Waals surface area (Å²) >= 11 is 5.49. The summed E-state index contributed by atoms with van der Waals surface area (Å²) in [6, 6.07) is 4.59. The SMILES string of the molecule is CC1(C)C(=O)N(c2ccc(C#N)c(C(F)(F)F)c2)C(=S)N1CCCC(=O)NCCOCCOCCOCCOC12CC3CC4CC(C1)C432. The molecule has 10 nitrogen and oxygen atoms in total. The topological polar surface area (TPSA) is 113 Å². The second kappa shape index (κ2) is 13.5. The minimum absolute atomic E-state index is 0.0390. The number of carbonyl (C=O) groups excluding carboxylic acids is 2. The number of nitrogens with one attached hydrogen (secondary N) is 1. The first-order valence-corrected chi connectivity index (χ1v) is 17.2. The zero-order chi connectivity index (χ0) is 34.3. The van der Waals surface area contributed by atoms with Gasteiger partial charge >= 0.3 is 6.18 Å². The van der Waals surface area contributed by atoms with E-state index >= 15 is 0 Å². The van der Waals surface area contributed by atoms with Crippen molar-refractivity contribution in [2.75, 3.05) is 64.2 Å². The van der Waals surface area contributed by atoms with Crippen molar-refractivity contribution in [2.45, 2.75) is 69.7 Å². The number of ether oxygens (including phenoxy) is 4. The van der Waals surface area contributed by atoms with E-state index in [4.69, 9.17) is 36.4 Å². The lowest BCUT2D eigenvalue weighted by atomic mass is 9.16. The molecule has 0 radical (unpaired) electrons. The molecule has 1 saturated heterocycles. The molecule has 4 aliphatic carbocycles. The van der Waals surface area contributed by atoms with Crippen LogP contribution in [-0.4, -0.2) is 92.3 Å². The molecule has 5 fully saturated rings. The lowest BCUT2D eigenvalue weighted by molar-refractivity contribution is -0.460. The Morgan fingerprint density at radius 3 is 2.23 bits per heavy atom. The van der Waals surface area contributed by atoms with Crippen LogP contribution in [-0.2, 0) is 34.7 Å². The van der Waals surface area contributed by atoms with Gasteiger partial charge in [0.1, 0.15) is 5.54 Å². The van der Waals surface area contributed by atoms with Crippen LogP contribution in [0.4, 0.5) is 18.9 Å². The van der Waals surface area contributed by atoms with Gasteiger partial charge in [0, 0.05) is 24.9 Å². The summed E-state index contributed by atoms with van der Waals surface area (Å²) in [7, 11) is 0. The first-order chi connectivity index (χ1) is 22.9. The summed E-state index contributed by atoms with van der Waals surface area (Å²) in [6.07, 6.45) is 1.13. The number of benzene rings is 1. The quantitative estimate of drug-likeness (QED) is 0.176. The highest BCUT2D eigenvalue weighted by Gasteiger charge is 2.88. The third-order valence-corrected chi connectivity index (χ3v) is 11.7. The smallest absolute Gasteiger partial charge is 0.377 e. The molecule has 6 rings (SSSR count). The molecule has 1 heterocycles. The molecule has 1 aliphatic heterocycles. The minimum Gasteiger partial charge on any atom is -0.377 e. The van der Waals surface area contributed by atoms with Crippen LogP contribution < -0.4 is 10.2 Å². The molecule has 2 amide bonds. The summed E-state index contributed by atoms with van der Waals surface area (Å²) in [5.41, 5.74) is -2.11. The van der Waals surface area contributed by atoms with Gasteiger partial charge in [0.2, 0.25) is 5.91 Å². The maximum Gasteiger partial charge on any atom is 0.417 e. The monoisotopic (exact) mass is 692 g/mol. The van der Waals surface area contributed by atoms with Crippen LogP contribution in [0.2, 0.25) is 0 Å². The first-order valence-electron chi connectivity index (χ1n) is 16.8. The molecule has 14 heteroatoms. The van der Waals surface area contributed by atoms with Crippen molar-refractivity contribution in [3.05, 3.63) is 29.3 Å². The summed E-state index contributed by atoms with van der Waals surface area (Å²) in [5.74, 6) is 2.14. The highest BCUT2D eigenvalue weighted by atomic mass is 32.1. The standard InChI is InChI=1S/C34H43F3N4O6S/c1-31(2)29(43)41(26-6-5-22(21-38)27(18-26)34(35,36)37)30(48)40(31)8-3-4-28(42)39-7-9-44-10-11-45-12-13-46-14-15-47-32-19-24-16-23-17-25(20-32)33(23,24)32/h5-6,18,23-25H,3-4,7-17,19-20H2,1-2H3,(H,39,42). The number of carbonyl (C=O) groups is 2. The van der Waals surface area contributed by atoms with E-state index in [1.54, 1.807) is 18.7 Å². The zero-order valence-electron chi connectivity index (χ0n) is 27.4. The normalized spacial score (nSPS) is 29.2. The predicted octanol–water partition coefficient (Wildman–Crippen LogP) is 4.44. The third-order valence-electron chi connectivity index (χ3n) is 11.3. The predicted molar refractivity (Wildman–Crippen MR) is 172 cm³/mol. The number of rotatable bonds is 18. The average molecular weight is 693 g/mol. The summed E-state index contributed by atoms with van der Waals surface area (Å²) in [6.45, 7) is 7.19. The first kappa shape index (κ1) is 35.0. The fourth-order valence-electron chi connectivity index (χ4n) is 9.10. The number of hydrogen-bond donors (Lipinski definition) is 1. The number of amides is 2. The van der Waals surface area contributed by atoms with Crippen LogP contribution in [0.3, 0.4) is 0 Å². The zero-order valence-corrected chi connectivity index (χ0v) is 28.2. The Labute approximate surface area is 284 Å². The van der Waals surface area contributed by atoms with E-state index in [1.165, 1.54) is 37.8 Å². The van der Waals surface area contributed by atoms with Gasteiger partial charge in [0.15, 0.2) is 5.11 Å². The summed E-state index contributed by atoms with van der Waals surface area (Å²) in [5, 5.41) is 11.9. The second-order valence-corrected chi connectivity index (χ2v) is 14.4. The highest BCUT2D eigenvalue weighted by molar-refractivity contribution is 7.80. The van der Waals surface area contributed by atoms with Crippen molar-refractivity contribution in [3.8, 4) is 6.07 Å². The van der Waals surface area contributed by atoms with Gasteiger partial charge in [-0.05, 0) is 94.1 Å². The molecular weight excluding hydrogens is 649 g/mol. The number of thiocarbonyl (C=S) groups is 1. The molecule has 2 atom stereocenters. The Bertz CT molecular complexity index is 1440. The van der Waals surface area contributed by atoms with Crippen LogP contribution in [0, 0.1) is 34.5 Å². The van der Waals surface area contributed by atoms with Gasteiger partial charge in [-0.2, -0.15) is 18.4 Å². The van der Waals surface area contributed by atoms with Gasteiger partial charge in [-0.25, -0.2) is 0 Å². The number of nitrogens with zero attached hydrogens (tertiary/aromatic N) is 3. The van der Waals surface area contributed by atoms with Gasteiger partial charge in [-0.1, -0.05) is 0 Å². The Hall–Kier alpha value is -2.83. The van der Waals surface area contributed by atoms with Crippen LogP contribution >= 0.6 is 12.2 Å². The number of hydrogen-bond acceptors (Lipinski definition) is 8. The van der Waals surface area contributed by atoms with E-state index in [9.17, 15) is 22.8 Å². The van der Waals surface area contributed by atoms with Gasteiger partial charge in [-0.3, -0.25) is 14.5 Å². The van der Waals surface area contributed by atoms with E-state index < -0.39 is 28.7 Å². The Kier molecular flexibility index (Phi) is 9.83. The van der Waals surface area contributed by atoms with Crippen molar-refractivity contribution in [1.29, 1.82) is 5.26 Å². The van der Waals surface area contributed by atoms with E-state index in [0.29, 0.717) is 64.6 Å². The maximum atomic E-state index is 13.5. The van der Waals surface area contributed by atoms with Gasteiger partial charge in [0.05, 0.1) is 74.7 Å². The maximum absolute atomic E-state index is 13.5. The molecule has 5 aliphatic rings. The van der Waals surface area contributed by atoms with Crippen LogP contribution in [0.15, 0.2) is 18.2 Å². The molecule has 4 saturated carbocycles. The number of nitriles is 1. The third kappa shape index (κ3) is 5.89. The number of anilines is 1. The summed E-state index contributed by atoms with van der Waals surface area (Å²) < 4.78 is 63.6. The van der Waals surface area contributed by atoms with Crippen molar-refractivity contribution in [2.24, 2.45) is 23.2 Å². The average Bonchev–Trinajstić information content (AvgIpc) is 3.17. The lowest BCUT2D eigenvalue weighted by Crippen LogP contribution is -2.89. The second-order valence-electron chi connectivity index (χ2n) is 14.0. The fourth-order valence-corrected chi connectivity index (χ4v) is 9.61. The van der Waals surface area contributed by atoms with Crippen LogP contribution in [0.25, 0.3) is 0 Å². The molecule has 1 aromatic carbocycles. The Balaban J connectivity index is 0.793. The van der Waals surface area contributed by atoms with Crippen LogP contribution in [0.5, 0.6) is 0 Å². The van der Waals surface area contributed by atoms with Crippen molar-refractivity contribution in [1.82, 2.24) is 10.2 Å². The van der Waals surface area contributed by atoms with Crippen molar-refractivity contribution >= 4 is 34.8 Å². The van der Waals surface area contributed by atoms with Crippen molar-refractivity contribution < 1.29 is 41.7 Å². The van der Waals surface area contributed by atoms with E-state index in [0.717, 1.165) is 34.8 Å². The molecule has 1 aromatic rings. The Morgan fingerprint density at radius 2 is 1.65 bits per heavy atom. The molecule has 1 N–H and O–H groups in total. The van der Waals surface area contributed by atoms with Gasteiger partial charge in [0.25, 0.3) is 5.91 Å².